The molecule has 4 aromatic carbocycles. The second kappa shape index (κ2) is 10.4. The van der Waals surface area contributed by atoms with Crippen LogP contribution in [0.1, 0.15) is 10.4 Å². The van der Waals surface area contributed by atoms with Crippen molar-refractivity contribution in [2.24, 2.45) is 0 Å². The van der Waals surface area contributed by atoms with Gasteiger partial charge in [-0.1, -0.05) is 0 Å². The van der Waals surface area contributed by atoms with Crippen LogP contribution in [-0.2, 0) is 0 Å². The quantitative estimate of drug-likeness (QED) is 0.250. The van der Waals surface area contributed by atoms with E-state index in [0.717, 1.165) is 10.0 Å². The van der Waals surface area contributed by atoms with Crippen LogP contribution in [0.25, 0.3) is 0 Å². The van der Waals surface area contributed by atoms with E-state index in [2.05, 4.69) is 88.7 Å². The molecule has 0 saturated carbocycles. The first-order valence-corrected chi connectivity index (χ1v) is 14.5. The van der Waals surface area contributed by atoms with Crippen LogP contribution in [0.3, 0.4) is 0 Å². The van der Waals surface area contributed by atoms with Crippen LogP contribution in [0.4, 0.5) is 0 Å². The van der Waals surface area contributed by atoms with Gasteiger partial charge in [0.1, 0.15) is 0 Å². The number of hydrogen-bond donors (Lipinski definition) is 0. The Morgan fingerprint density at radius 1 is 0.600 bits per heavy atom. The van der Waals surface area contributed by atoms with Crippen molar-refractivity contribution in [3.05, 3.63) is 125 Å². The van der Waals surface area contributed by atoms with Gasteiger partial charge in [-0.25, -0.2) is 0 Å². The Morgan fingerprint density at radius 2 is 0.967 bits per heavy atom. The van der Waals surface area contributed by atoms with E-state index in [9.17, 15) is 4.79 Å². The van der Waals surface area contributed by atoms with Crippen LogP contribution in [0.5, 0.6) is 0 Å². The SMILES string of the molecule is O=C(C[As+](c1ccccc1)(c1ccccc1)c1ccccc1)c1ccc(Br)cc1.[Br-]. The second-order valence-electron chi connectivity index (χ2n) is 6.90. The molecule has 0 heterocycles. The number of benzene rings is 4. The molecule has 0 fully saturated rings. The maximum absolute atomic E-state index is 13.5. The summed E-state index contributed by atoms with van der Waals surface area (Å²) in [7, 11) is 0. The number of rotatable bonds is 6. The standard InChI is InChI=1S/C26H21AsBrO.BrH/c28-25-18-16-21(17-19-25)26(29)20-27(22-10-4-1-5-11-22,23-12-6-2-7-13-23)24-14-8-3-9-15-24;/h1-19H,20H2;1H/q+1;/p-1. The zero-order valence-corrected chi connectivity index (χ0v) is 21.3. The maximum atomic E-state index is 13.5. The molecule has 0 bridgehead atoms. The molecule has 0 saturated heterocycles. The van der Waals surface area contributed by atoms with Gasteiger partial charge in [0.25, 0.3) is 0 Å². The van der Waals surface area contributed by atoms with Crippen LogP contribution in [-0.4, -0.2) is 19.3 Å². The number of carbonyl (C=O) groups excluding carboxylic acids is 1. The maximum Gasteiger partial charge on any atom is -1.00 e. The molecule has 0 radical (unpaired) electrons. The van der Waals surface area contributed by atoms with E-state index < -0.39 is 13.6 Å². The Balaban J connectivity index is 0.00000256. The van der Waals surface area contributed by atoms with Crippen LogP contribution >= 0.6 is 15.9 Å². The average Bonchev–Trinajstić information content (AvgIpc) is 2.79. The Hall–Kier alpha value is -1.93. The molecule has 0 aliphatic carbocycles. The van der Waals surface area contributed by atoms with Gasteiger partial charge in [-0.05, 0) is 0 Å². The molecule has 0 unspecified atom stereocenters. The van der Waals surface area contributed by atoms with E-state index in [1.54, 1.807) is 0 Å². The van der Waals surface area contributed by atoms with Crippen molar-refractivity contribution in [2.45, 2.75) is 5.21 Å². The van der Waals surface area contributed by atoms with Crippen molar-refractivity contribution in [1.82, 2.24) is 0 Å². The van der Waals surface area contributed by atoms with Gasteiger partial charge in [-0.15, -0.1) is 0 Å². The van der Waals surface area contributed by atoms with E-state index in [4.69, 9.17) is 0 Å². The molecule has 0 N–H and O–H groups in total. The minimum atomic E-state index is -3.02. The van der Waals surface area contributed by atoms with Crippen molar-refractivity contribution in [3.63, 3.8) is 0 Å². The van der Waals surface area contributed by atoms with Crippen molar-refractivity contribution in [1.29, 1.82) is 0 Å². The van der Waals surface area contributed by atoms with E-state index in [0.29, 0.717) is 5.21 Å². The van der Waals surface area contributed by atoms with Gasteiger partial charge in [0.15, 0.2) is 0 Å². The zero-order chi connectivity index (χ0) is 20.1. The van der Waals surface area contributed by atoms with Gasteiger partial charge in [0.2, 0.25) is 0 Å². The summed E-state index contributed by atoms with van der Waals surface area (Å²) in [6.07, 6.45) is 0. The van der Waals surface area contributed by atoms with Crippen molar-refractivity contribution >= 4 is 48.3 Å². The Labute approximate surface area is 199 Å². The fourth-order valence-electron chi connectivity index (χ4n) is 3.71. The minimum Gasteiger partial charge on any atom is -1.00 e. The predicted molar refractivity (Wildman–Crippen MR) is 127 cm³/mol. The van der Waals surface area contributed by atoms with Gasteiger partial charge in [0.05, 0.1) is 0 Å². The topological polar surface area (TPSA) is 17.1 Å². The third kappa shape index (κ3) is 4.70. The molecule has 4 aromatic rings. The van der Waals surface area contributed by atoms with Gasteiger partial charge < -0.3 is 17.0 Å². The summed E-state index contributed by atoms with van der Waals surface area (Å²) in [5.74, 6) is 0.196. The van der Waals surface area contributed by atoms with Crippen molar-refractivity contribution in [2.75, 3.05) is 0 Å². The third-order valence-corrected chi connectivity index (χ3v) is 14.7. The monoisotopic (exact) mass is 582 g/mol. The molecule has 4 rings (SSSR count). The second-order valence-corrected chi connectivity index (χ2v) is 15.1. The molecule has 0 spiro atoms. The molecule has 0 atom stereocenters. The van der Waals surface area contributed by atoms with Crippen LogP contribution in [0, 0.1) is 0 Å². The Kier molecular flexibility index (Phi) is 7.88. The summed E-state index contributed by atoms with van der Waals surface area (Å²) in [6, 6.07) is 39.5. The number of ketones is 1. The zero-order valence-electron chi connectivity index (χ0n) is 16.3. The molecule has 4 heteroatoms. The Morgan fingerprint density at radius 3 is 1.33 bits per heavy atom. The molecule has 0 amide bonds. The van der Waals surface area contributed by atoms with Gasteiger partial charge in [-0.2, -0.15) is 0 Å². The van der Waals surface area contributed by atoms with Crippen molar-refractivity contribution in [3.8, 4) is 0 Å². The molecule has 30 heavy (non-hydrogen) atoms. The summed E-state index contributed by atoms with van der Waals surface area (Å²) >= 11 is 0.450. The van der Waals surface area contributed by atoms with Crippen LogP contribution in [0.2, 0.25) is 5.21 Å². The fraction of sp³-hybridized carbons (Fsp3) is 0.0385. The normalized spacial score (nSPS) is 10.8. The largest absolute Gasteiger partial charge is 1.00 e. The van der Waals surface area contributed by atoms with E-state index in [-0.39, 0.29) is 22.8 Å². The predicted octanol–water partition coefficient (Wildman–Crippen LogP) is 1.81. The molecular weight excluding hydrogens is 563 g/mol. The number of halogens is 2. The van der Waals surface area contributed by atoms with Crippen LogP contribution < -0.4 is 30.0 Å². The smallest absolute Gasteiger partial charge is 1.00 e. The summed E-state index contributed by atoms with van der Waals surface area (Å²) in [5, 5.41) is 0.526. The van der Waals surface area contributed by atoms with Gasteiger partial charge in [0, 0.05) is 0 Å². The molecule has 0 aromatic heterocycles. The average molecular weight is 584 g/mol. The van der Waals surface area contributed by atoms with Crippen molar-refractivity contribution < 1.29 is 21.8 Å². The summed E-state index contributed by atoms with van der Waals surface area (Å²) < 4.78 is 4.84. The Bertz CT molecular complexity index is 986. The number of carbonyl (C=O) groups is 1. The van der Waals surface area contributed by atoms with E-state index in [1.165, 1.54) is 13.1 Å². The summed E-state index contributed by atoms with van der Waals surface area (Å²) in [5.41, 5.74) is 0.766. The van der Waals surface area contributed by atoms with Crippen LogP contribution in [0.15, 0.2) is 120 Å². The number of hydrogen-bond acceptors (Lipinski definition) is 1. The molecule has 150 valence electrons. The number of Topliss-reactive ketones (excluding diaryl/α,β-unsaturated/α-hetero) is 1. The first-order chi connectivity index (χ1) is 14.2. The van der Waals surface area contributed by atoms with E-state index in [1.807, 2.05) is 42.5 Å². The third-order valence-electron chi connectivity index (χ3n) is 5.14. The van der Waals surface area contributed by atoms with E-state index >= 15 is 0 Å². The summed E-state index contributed by atoms with van der Waals surface area (Å²) in [4.78, 5) is 13.5. The molecular formula is C26H21AsBr2O. The fourth-order valence-corrected chi connectivity index (χ4v) is 12.6. The summed E-state index contributed by atoms with van der Waals surface area (Å²) in [6.45, 7) is 0. The molecule has 1 nitrogen and oxygen atoms in total. The minimum absolute atomic E-state index is 0. The first-order valence-electron chi connectivity index (χ1n) is 9.54. The first kappa shape index (κ1) is 22.7. The molecule has 0 aliphatic heterocycles. The molecule has 0 aliphatic rings. The van der Waals surface area contributed by atoms with Gasteiger partial charge >= 0.3 is 184 Å². The van der Waals surface area contributed by atoms with Gasteiger partial charge in [-0.3, -0.25) is 0 Å².